The first-order valence-electron chi connectivity index (χ1n) is 13.2. The number of ether oxygens (including phenoxy) is 3. The second-order valence-corrected chi connectivity index (χ2v) is 9.65. The van der Waals surface area contributed by atoms with Crippen LogP contribution in [0.5, 0.6) is 17.2 Å². The summed E-state index contributed by atoms with van der Waals surface area (Å²) in [4.78, 5) is 5.78. The van der Waals surface area contributed by atoms with E-state index in [1.54, 1.807) is 7.11 Å². The number of H-pyrrole nitrogens is 1. The fraction of sp³-hybridized carbons (Fsp3) is 0.355. The number of aromatic amines is 1. The van der Waals surface area contributed by atoms with Crippen LogP contribution in [-0.4, -0.2) is 54.5 Å². The summed E-state index contributed by atoms with van der Waals surface area (Å²) in [5.74, 6) is 2.29. The number of nitrogens with one attached hydrogen (secondary N) is 1. The number of hydrogen-bond donors (Lipinski definition) is 2. The van der Waals surface area contributed by atoms with Crippen LogP contribution in [0.4, 0.5) is 0 Å². The highest BCUT2D eigenvalue weighted by atomic mass is 16.5. The lowest BCUT2D eigenvalue weighted by Gasteiger charge is -2.25. The molecule has 0 bridgehead atoms. The summed E-state index contributed by atoms with van der Waals surface area (Å²) in [6.45, 7) is 2.57. The molecular weight excluding hydrogens is 464 g/mol. The summed E-state index contributed by atoms with van der Waals surface area (Å²) in [7, 11) is 1.64. The third kappa shape index (κ3) is 6.27. The fourth-order valence-corrected chi connectivity index (χ4v) is 5.18. The predicted octanol–water partition coefficient (Wildman–Crippen LogP) is 5.38. The highest BCUT2D eigenvalue weighted by molar-refractivity contribution is 5.90. The molecule has 1 aliphatic rings. The normalized spacial score (nSPS) is 13.9. The predicted molar refractivity (Wildman–Crippen MR) is 147 cm³/mol. The number of aryl methyl sites for hydroxylation is 2. The van der Waals surface area contributed by atoms with Crippen LogP contribution in [0.3, 0.4) is 0 Å². The molecular formula is C31H36N2O4. The third-order valence-electron chi connectivity index (χ3n) is 6.96. The molecule has 0 amide bonds. The molecule has 0 spiro atoms. The van der Waals surface area contributed by atoms with E-state index in [1.807, 2.05) is 54.6 Å². The van der Waals surface area contributed by atoms with Gasteiger partial charge in [0.2, 0.25) is 0 Å². The molecule has 1 atom stereocenters. The largest absolute Gasteiger partial charge is 0.493 e. The van der Waals surface area contributed by atoms with Crippen molar-refractivity contribution in [1.29, 1.82) is 0 Å². The van der Waals surface area contributed by atoms with Gasteiger partial charge in [-0.2, -0.15) is 0 Å². The Labute approximate surface area is 218 Å². The van der Waals surface area contributed by atoms with E-state index in [0.29, 0.717) is 32.0 Å². The molecule has 2 N–H and O–H groups in total. The number of rotatable bonds is 12. The fourth-order valence-electron chi connectivity index (χ4n) is 5.18. The first-order valence-corrected chi connectivity index (χ1v) is 13.2. The molecule has 0 saturated carbocycles. The van der Waals surface area contributed by atoms with Crippen LogP contribution < -0.4 is 14.2 Å². The highest BCUT2D eigenvalue weighted by Gasteiger charge is 2.20. The first-order chi connectivity index (χ1) is 18.2. The van der Waals surface area contributed by atoms with Gasteiger partial charge in [-0.3, -0.25) is 4.90 Å². The van der Waals surface area contributed by atoms with Gasteiger partial charge >= 0.3 is 0 Å². The molecule has 0 fully saturated rings. The van der Waals surface area contributed by atoms with Crippen LogP contribution in [-0.2, 0) is 19.4 Å². The summed E-state index contributed by atoms with van der Waals surface area (Å²) >= 11 is 0. The number of benzene rings is 3. The van der Waals surface area contributed by atoms with Crippen molar-refractivity contribution in [3.8, 4) is 17.2 Å². The van der Waals surface area contributed by atoms with E-state index in [9.17, 15) is 5.11 Å². The average molecular weight is 501 g/mol. The quantitative estimate of drug-likeness (QED) is 0.274. The Kier molecular flexibility index (Phi) is 8.28. The van der Waals surface area contributed by atoms with Crippen molar-refractivity contribution in [1.82, 2.24) is 9.88 Å². The Morgan fingerprint density at radius 1 is 0.865 bits per heavy atom. The maximum absolute atomic E-state index is 11.0. The lowest BCUT2D eigenvalue weighted by atomic mass is 9.95. The SMILES string of the molecule is COc1ccccc1OCCN(Cc1ccccc1)C[C@@H](O)COc1cccc2[nH]c3c(c12)CCCC3. The van der Waals surface area contributed by atoms with Crippen LogP contribution in [0, 0.1) is 0 Å². The molecule has 0 radical (unpaired) electrons. The highest BCUT2D eigenvalue weighted by Crippen LogP contribution is 2.35. The molecule has 0 saturated heterocycles. The standard InChI is InChI=1S/C31H36N2O4/c1-35-28-15-7-8-16-29(28)36-19-18-33(20-23-10-3-2-4-11-23)21-24(34)22-37-30-17-9-14-27-31(30)25-12-5-6-13-26(25)32-27/h2-4,7-11,14-17,24,32,34H,5-6,12-13,18-22H2,1H3/t24-/m1/s1. The minimum Gasteiger partial charge on any atom is -0.493 e. The third-order valence-corrected chi connectivity index (χ3v) is 6.96. The van der Waals surface area contributed by atoms with Crippen molar-refractivity contribution in [3.63, 3.8) is 0 Å². The van der Waals surface area contributed by atoms with Crippen molar-refractivity contribution < 1.29 is 19.3 Å². The van der Waals surface area contributed by atoms with E-state index in [4.69, 9.17) is 14.2 Å². The molecule has 4 aromatic rings. The minimum absolute atomic E-state index is 0.234. The molecule has 1 aromatic heterocycles. The van der Waals surface area contributed by atoms with Gasteiger partial charge in [0.05, 0.1) is 7.11 Å². The van der Waals surface area contributed by atoms with E-state index in [0.717, 1.165) is 29.9 Å². The Morgan fingerprint density at radius 2 is 1.62 bits per heavy atom. The van der Waals surface area contributed by atoms with Crippen molar-refractivity contribution in [2.45, 2.75) is 38.3 Å². The van der Waals surface area contributed by atoms with Gasteiger partial charge in [-0.05, 0) is 61.1 Å². The van der Waals surface area contributed by atoms with Gasteiger partial charge in [0.15, 0.2) is 11.5 Å². The number of aliphatic hydroxyl groups is 1. The van der Waals surface area contributed by atoms with Crippen LogP contribution in [0.25, 0.3) is 10.9 Å². The van der Waals surface area contributed by atoms with Crippen molar-refractivity contribution in [3.05, 3.63) is 89.6 Å². The number of methoxy groups -OCH3 is 1. The lowest BCUT2D eigenvalue weighted by molar-refractivity contribution is 0.0608. The molecule has 3 aromatic carbocycles. The molecule has 37 heavy (non-hydrogen) atoms. The van der Waals surface area contributed by atoms with Crippen molar-refractivity contribution in [2.75, 3.05) is 33.4 Å². The number of aromatic nitrogens is 1. The van der Waals surface area contributed by atoms with Gasteiger partial charge in [-0.25, -0.2) is 0 Å². The smallest absolute Gasteiger partial charge is 0.161 e. The van der Waals surface area contributed by atoms with E-state index in [2.05, 4.69) is 28.1 Å². The molecule has 0 aliphatic heterocycles. The van der Waals surface area contributed by atoms with Gasteiger partial charge in [-0.15, -0.1) is 0 Å². The van der Waals surface area contributed by atoms with Crippen molar-refractivity contribution in [2.24, 2.45) is 0 Å². The molecule has 5 rings (SSSR count). The molecule has 6 nitrogen and oxygen atoms in total. The Balaban J connectivity index is 1.22. The number of aliphatic hydroxyl groups excluding tert-OH is 1. The van der Waals surface area contributed by atoms with Crippen molar-refractivity contribution >= 4 is 10.9 Å². The number of nitrogens with zero attached hydrogens (tertiary/aromatic N) is 1. The van der Waals surface area contributed by atoms with Crippen LogP contribution in [0.1, 0.15) is 29.7 Å². The zero-order valence-corrected chi connectivity index (χ0v) is 21.5. The zero-order chi connectivity index (χ0) is 25.5. The molecule has 194 valence electrons. The molecule has 0 unspecified atom stereocenters. The molecule has 6 heteroatoms. The Bertz CT molecular complexity index is 1290. The topological polar surface area (TPSA) is 67.0 Å². The maximum Gasteiger partial charge on any atom is 0.161 e. The summed E-state index contributed by atoms with van der Waals surface area (Å²) in [5.41, 5.74) is 5.03. The first kappa shape index (κ1) is 25.2. The van der Waals surface area contributed by atoms with E-state index in [1.165, 1.54) is 35.0 Å². The van der Waals surface area contributed by atoms with Crippen LogP contribution in [0.2, 0.25) is 0 Å². The van der Waals surface area contributed by atoms with Gasteiger partial charge in [0, 0.05) is 36.2 Å². The number of fused-ring (bicyclic) bond motifs is 3. The Morgan fingerprint density at radius 3 is 2.46 bits per heavy atom. The zero-order valence-electron chi connectivity index (χ0n) is 21.5. The lowest BCUT2D eigenvalue weighted by Crippen LogP contribution is -2.37. The van der Waals surface area contributed by atoms with Crippen LogP contribution >= 0.6 is 0 Å². The van der Waals surface area contributed by atoms with Gasteiger partial charge < -0.3 is 24.3 Å². The summed E-state index contributed by atoms with van der Waals surface area (Å²) < 4.78 is 17.6. The van der Waals surface area contributed by atoms with Gasteiger partial charge in [-0.1, -0.05) is 48.5 Å². The van der Waals surface area contributed by atoms with Gasteiger partial charge in [0.25, 0.3) is 0 Å². The van der Waals surface area contributed by atoms with E-state index in [-0.39, 0.29) is 6.61 Å². The number of para-hydroxylation sites is 2. The Hall–Kier alpha value is -3.48. The second kappa shape index (κ2) is 12.2. The summed E-state index contributed by atoms with van der Waals surface area (Å²) in [5, 5.41) is 12.2. The van der Waals surface area contributed by atoms with Crippen LogP contribution in [0.15, 0.2) is 72.8 Å². The molecule has 1 aliphatic carbocycles. The monoisotopic (exact) mass is 500 g/mol. The van der Waals surface area contributed by atoms with E-state index >= 15 is 0 Å². The minimum atomic E-state index is -0.639. The van der Waals surface area contributed by atoms with E-state index < -0.39 is 6.10 Å². The van der Waals surface area contributed by atoms with Gasteiger partial charge in [0.1, 0.15) is 25.1 Å². The number of hydrogen-bond acceptors (Lipinski definition) is 5. The summed E-state index contributed by atoms with van der Waals surface area (Å²) in [6, 6.07) is 24.1. The maximum atomic E-state index is 11.0. The molecule has 1 heterocycles. The average Bonchev–Trinajstić information content (AvgIpc) is 3.32. The second-order valence-electron chi connectivity index (χ2n) is 9.65. The summed E-state index contributed by atoms with van der Waals surface area (Å²) in [6.07, 6.45) is 3.97.